The van der Waals surface area contributed by atoms with E-state index in [1.54, 1.807) is 48.5 Å². The molecule has 0 bridgehead atoms. The van der Waals surface area contributed by atoms with Crippen molar-refractivity contribution < 1.29 is 19.1 Å². The Morgan fingerprint density at radius 3 is 2.35 bits per heavy atom. The molecule has 2 aromatic rings. The van der Waals surface area contributed by atoms with Crippen LogP contribution >= 0.6 is 12.2 Å². The Morgan fingerprint density at radius 2 is 1.69 bits per heavy atom. The second-order valence-corrected chi connectivity index (χ2v) is 5.43. The third kappa shape index (κ3) is 5.18. The number of rotatable bonds is 5. The maximum absolute atomic E-state index is 12.1. The fourth-order valence-corrected chi connectivity index (χ4v) is 2.23. The Kier molecular flexibility index (Phi) is 6.92. The van der Waals surface area contributed by atoms with Crippen LogP contribution in [0.4, 0.5) is 0 Å². The minimum absolute atomic E-state index is 0.0351. The lowest BCUT2D eigenvalue weighted by Crippen LogP contribution is -2.48. The molecule has 0 radical (unpaired) electrons. The SMILES string of the molecule is CCOc1ccc(C(=O)NC(=S)NNC(=O)c2ccccc2OC)cc1. The third-order valence-electron chi connectivity index (χ3n) is 3.30. The van der Waals surface area contributed by atoms with Crippen molar-refractivity contribution in [1.29, 1.82) is 0 Å². The van der Waals surface area contributed by atoms with Crippen molar-refractivity contribution in [3.05, 3.63) is 59.7 Å². The highest BCUT2D eigenvalue weighted by molar-refractivity contribution is 7.80. The van der Waals surface area contributed by atoms with Crippen LogP contribution < -0.4 is 25.6 Å². The number of carbonyl (C=O) groups excluding carboxylic acids is 2. The van der Waals surface area contributed by atoms with Gasteiger partial charge in [-0.1, -0.05) is 12.1 Å². The summed E-state index contributed by atoms with van der Waals surface area (Å²) in [6, 6.07) is 13.4. The van der Waals surface area contributed by atoms with Crippen molar-refractivity contribution in [3.8, 4) is 11.5 Å². The molecule has 0 unspecified atom stereocenters. The summed E-state index contributed by atoms with van der Waals surface area (Å²) in [5.74, 6) is 0.252. The highest BCUT2D eigenvalue weighted by Crippen LogP contribution is 2.16. The van der Waals surface area contributed by atoms with Crippen LogP contribution in [0.15, 0.2) is 48.5 Å². The molecule has 2 rings (SSSR count). The molecule has 3 N–H and O–H groups in total. The fraction of sp³-hybridized carbons (Fsp3) is 0.167. The summed E-state index contributed by atoms with van der Waals surface area (Å²) < 4.78 is 10.4. The highest BCUT2D eigenvalue weighted by atomic mass is 32.1. The average Bonchev–Trinajstić information content (AvgIpc) is 2.66. The van der Waals surface area contributed by atoms with Gasteiger partial charge in [0.1, 0.15) is 11.5 Å². The van der Waals surface area contributed by atoms with Crippen molar-refractivity contribution in [2.24, 2.45) is 0 Å². The van der Waals surface area contributed by atoms with Crippen LogP contribution in [-0.4, -0.2) is 30.6 Å². The van der Waals surface area contributed by atoms with E-state index < -0.39 is 11.8 Å². The van der Waals surface area contributed by atoms with E-state index in [9.17, 15) is 9.59 Å². The number of hydrogen-bond donors (Lipinski definition) is 3. The number of amides is 2. The lowest BCUT2D eigenvalue weighted by atomic mass is 10.2. The van der Waals surface area contributed by atoms with E-state index in [0.717, 1.165) is 0 Å². The first-order chi connectivity index (χ1) is 12.5. The first-order valence-electron chi connectivity index (χ1n) is 7.82. The topological polar surface area (TPSA) is 88.7 Å². The summed E-state index contributed by atoms with van der Waals surface area (Å²) in [5.41, 5.74) is 5.64. The molecule has 0 fully saturated rings. The van der Waals surface area contributed by atoms with Gasteiger partial charge in [-0.2, -0.15) is 0 Å². The summed E-state index contributed by atoms with van der Waals surface area (Å²) in [5, 5.41) is 2.44. The maximum Gasteiger partial charge on any atom is 0.273 e. The molecule has 0 saturated carbocycles. The number of nitrogens with one attached hydrogen (secondary N) is 3. The zero-order chi connectivity index (χ0) is 18.9. The average molecular weight is 373 g/mol. The molecule has 8 heteroatoms. The normalized spacial score (nSPS) is 9.77. The Balaban J connectivity index is 1.88. The zero-order valence-corrected chi connectivity index (χ0v) is 15.2. The molecule has 0 spiro atoms. The fourth-order valence-electron chi connectivity index (χ4n) is 2.09. The highest BCUT2D eigenvalue weighted by Gasteiger charge is 2.12. The second-order valence-electron chi connectivity index (χ2n) is 5.02. The Bertz CT molecular complexity index is 793. The molecule has 0 aliphatic carbocycles. The van der Waals surface area contributed by atoms with Gasteiger partial charge in [-0.15, -0.1) is 0 Å². The van der Waals surface area contributed by atoms with Gasteiger partial charge in [0, 0.05) is 5.56 Å². The van der Waals surface area contributed by atoms with E-state index in [-0.39, 0.29) is 5.11 Å². The van der Waals surface area contributed by atoms with E-state index in [1.807, 2.05) is 6.92 Å². The number of para-hydroxylation sites is 1. The van der Waals surface area contributed by atoms with Crippen LogP contribution in [-0.2, 0) is 0 Å². The molecular weight excluding hydrogens is 354 g/mol. The molecule has 0 aliphatic heterocycles. The van der Waals surface area contributed by atoms with Gasteiger partial charge in [-0.05, 0) is 55.5 Å². The van der Waals surface area contributed by atoms with Crippen LogP contribution in [0.2, 0.25) is 0 Å². The van der Waals surface area contributed by atoms with E-state index in [2.05, 4.69) is 16.2 Å². The zero-order valence-electron chi connectivity index (χ0n) is 14.4. The van der Waals surface area contributed by atoms with E-state index in [0.29, 0.717) is 29.2 Å². The maximum atomic E-state index is 12.1. The first-order valence-corrected chi connectivity index (χ1v) is 8.23. The predicted molar refractivity (Wildman–Crippen MR) is 101 cm³/mol. The van der Waals surface area contributed by atoms with Crippen LogP contribution in [0.25, 0.3) is 0 Å². The standard InChI is InChI=1S/C18H19N3O4S/c1-3-25-13-10-8-12(9-11-13)16(22)19-18(26)21-20-17(23)14-6-4-5-7-15(14)24-2/h4-11H,3H2,1-2H3,(H,20,23)(H2,19,21,22,26). The van der Waals surface area contributed by atoms with Gasteiger partial charge in [0.25, 0.3) is 11.8 Å². The number of carbonyl (C=O) groups is 2. The first kappa shape index (κ1) is 19.2. The second kappa shape index (κ2) is 9.38. The summed E-state index contributed by atoms with van der Waals surface area (Å²) in [6.45, 7) is 2.43. The van der Waals surface area contributed by atoms with Gasteiger partial charge in [0.15, 0.2) is 5.11 Å². The molecule has 7 nitrogen and oxygen atoms in total. The Hall–Kier alpha value is -3.13. The van der Waals surface area contributed by atoms with Gasteiger partial charge in [-0.25, -0.2) is 0 Å². The van der Waals surface area contributed by atoms with E-state index in [4.69, 9.17) is 21.7 Å². The van der Waals surface area contributed by atoms with Gasteiger partial charge in [0.2, 0.25) is 0 Å². The number of thiocarbonyl (C=S) groups is 1. The lowest BCUT2D eigenvalue weighted by Gasteiger charge is -2.12. The van der Waals surface area contributed by atoms with Gasteiger partial charge >= 0.3 is 0 Å². The minimum atomic E-state index is -0.444. The van der Waals surface area contributed by atoms with Crippen LogP contribution in [0.5, 0.6) is 11.5 Å². The van der Waals surface area contributed by atoms with Gasteiger partial charge in [-0.3, -0.25) is 25.8 Å². The number of hydrazine groups is 1. The van der Waals surface area contributed by atoms with Crippen LogP contribution in [0.3, 0.4) is 0 Å². The molecule has 0 heterocycles. The van der Waals surface area contributed by atoms with E-state index in [1.165, 1.54) is 7.11 Å². The van der Waals surface area contributed by atoms with Crippen molar-refractivity contribution >= 4 is 29.1 Å². The van der Waals surface area contributed by atoms with Crippen molar-refractivity contribution in [1.82, 2.24) is 16.2 Å². The lowest BCUT2D eigenvalue weighted by molar-refractivity contribution is 0.0932. The summed E-state index contributed by atoms with van der Waals surface area (Å²) in [6.07, 6.45) is 0. The number of ether oxygens (including phenoxy) is 2. The van der Waals surface area contributed by atoms with Gasteiger partial charge < -0.3 is 9.47 Å². The largest absolute Gasteiger partial charge is 0.496 e. The predicted octanol–water partition coefficient (Wildman–Crippen LogP) is 2.04. The smallest absolute Gasteiger partial charge is 0.273 e. The van der Waals surface area contributed by atoms with Gasteiger partial charge in [0.05, 0.1) is 19.3 Å². The number of benzene rings is 2. The van der Waals surface area contributed by atoms with Crippen LogP contribution in [0, 0.1) is 0 Å². The molecule has 136 valence electrons. The number of methoxy groups -OCH3 is 1. The summed E-state index contributed by atoms with van der Waals surface area (Å²) in [4.78, 5) is 24.3. The number of hydrogen-bond acceptors (Lipinski definition) is 5. The van der Waals surface area contributed by atoms with E-state index >= 15 is 0 Å². The molecule has 0 atom stereocenters. The Labute approximate surface area is 156 Å². The third-order valence-corrected chi connectivity index (χ3v) is 3.50. The molecule has 0 aromatic heterocycles. The molecule has 26 heavy (non-hydrogen) atoms. The summed E-state index contributed by atoms with van der Waals surface area (Å²) in [7, 11) is 1.47. The monoisotopic (exact) mass is 373 g/mol. The Morgan fingerprint density at radius 1 is 1.00 bits per heavy atom. The van der Waals surface area contributed by atoms with Crippen molar-refractivity contribution in [2.75, 3.05) is 13.7 Å². The molecule has 2 amide bonds. The summed E-state index contributed by atoms with van der Waals surface area (Å²) >= 11 is 5.01. The molecular formula is C18H19N3O4S. The minimum Gasteiger partial charge on any atom is -0.496 e. The molecule has 0 aliphatic rings. The molecule has 2 aromatic carbocycles. The quantitative estimate of drug-likeness (QED) is 0.549. The van der Waals surface area contributed by atoms with Crippen LogP contribution in [0.1, 0.15) is 27.6 Å². The van der Waals surface area contributed by atoms with Crippen molar-refractivity contribution in [2.45, 2.75) is 6.92 Å². The van der Waals surface area contributed by atoms with Crippen molar-refractivity contribution in [3.63, 3.8) is 0 Å². The molecule has 0 saturated heterocycles.